The topological polar surface area (TPSA) is 69.6 Å². The quantitative estimate of drug-likeness (QED) is 0.762. The van der Waals surface area contributed by atoms with Gasteiger partial charge in [0.15, 0.2) is 0 Å². The van der Waals surface area contributed by atoms with Crippen molar-refractivity contribution in [3.05, 3.63) is 0 Å². The molecule has 0 aromatic rings. The van der Waals surface area contributed by atoms with Crippen LogP contribution in [0.3, 0.4) is 0 Å². The maximum Gasteiger partial charge on any atom is 0.394 e. The molecule has 5 nitrogen and oxygen atoms in total. The number of likely N-dealkylation sites (tertiary alicyclic amines) is 1. The van der Waals surface area contributed by atoms with Crippen molar-refractivity contribution in [1.29, 1.82) is 0 Å². The van der Waals surface area contributed by atoms with Gasteiger partial charge in [-0.3, -0.25) is 4.79 Å². The highest BCUT2D eigenvalue weighted by atomic mass is 19.4. The molecule has 0 bridgehead atoms. The average molecular weight is 358 g/mol. The Kier molecular flexibility index (Phi) is 5.24. The summed E-state index contributed by atoms with van der Waals surface area (Å²) in [6.45, 7) is -1.14. The molecule has 1 saturated heterocycles. The van der Waals surface area contributed by atoms with Crippen LogP contribution in [-0.2, 0) is 4.79 Å². The first kappa shape index (κ1) is 18.7. The minimum atomic E-state index is -4.70. The van der Waals surface area contributed by atoms with E-state index in [4.69, 9.17) is 5.11 Å². The molecule has 2 aliphatic rings. The molecule has 24 heavy (non-hydrogen) atoms. The van der Waals surface area contributed by atoms with E-state index in [-0.39, 0.29) is 38.1 Å². The number of nitrogens with one attached hydrogen (secondary N) is 1. The summed E-state index contributed by atoms with van der Waals surface area (Å²) >= 11 is 0. The Morgan fingerprint density at radius 3 is 2.21 bits per heavy atom. The zero-order valence-corrected chi connectivity index (χ0v) is 12.8. The number of carboxylic acid groups (broad SMARTS) is 1. The van der Waals surface area contributed by atoms with Crippen molar-refractivity contribution in [2.75, 3.05) is 19.6 Å². The fourth-order valence-corrected chi connectivity index (χ4v) is 3.20. The molecule has 2 rings (SSSR count). The maximum absolute atomic E-state index is 13.0. The van der Waals surface area contributed by atoms with E-state index in [2.05, 4.69) is 5.32 Å². The molecule has 1 saturated carbocycles. The lowest BCUT2D eigenvalue weighted by Gasteiger charge is -2.29. The fourth-order valence-electron chi connectivity index (χ4n) is 3.20. The number of hydrogen-bond acceptors (Lipinski definition) is 2. The van der Waals surface area contributed by atoms with Crippen LogP contribution in [0, 0.1) is 17.8 Å². The van der Waals surface area contributed by atoms with Gasteiger partial charge in [-0.2, -0.15) is 13.2 Å². The van der Waals surface area contributed by atoms with Crippen molar-refractivity contribution < 1.29 is 36.6 Å². The van der Waals surface area contributed by atoms with Crippen LogP contribution in [0.1, 0.15) is 25.7 Å². The van der Waals surface area contributed by atoms with Gasteiger partial charge in [-0.1, -0.05) is 0 Å². The predicted molar refractivity (Wildman–Crippen MR) is 72.5 cm³/mol. The molecule has 0 spiro atoms. The highest BCUT2D eigenvalue weighted by Gasteiger charge is 2.53. The summed E-state index contributed by atoms with van der Waals surface area (Å²) in [4.78, 5) is 23.8. The lowest BCUT2D eigenvalue weighted by molar-refractivity contribution is -0.187. The number of carbonyl (C=O) groups is 2. The molecule has 0 aromatic heterocycles. The maximum atomic E-state index is 13.0. The Morgan fingerprint density at radius 2 is 1.75 bits per heavy atom. The van der Waals surface area contributed by atoms with E-state index < -0.39 is 49.0 Å². The van der Waals surface area contributed by atoms with Crippen LogP contribution >= 0.6 is 0 Å². The SMILES string of the molecule is O=C(O)[C@@H]1CN(C(=O)NCC2CCC(F)(F)CC2)C[C@H]1C(F)(F)F. The summed E-state index contributed by atoms with van der Waals surface area (Å²) in [5.74, 6) is -8.23. The first-order valence-electron chi connectivity index (χ1n) is 7.70. The Balaban J connectivity index is 1.86. The van der Waals surface area contributed by atoms with Gasteiger partial charge in [-0.15, -0.1) is 0 Å². The van der Waals surface area contributed by atoms with Gasteiger partial charge in [0.1, 0.15) is 0 Å². The Labute approximate surface area is 135 Å². The zero-order valence-electron chi connectivity index (χ0n) is 12.8. The molecule has 1 heterocycles. The third kappa shape index (κ3) is 4.47. The normalized spacial score (nSPS) is 28.0. The van der Waals surface area contributed by atoms with Crippen molar-refractivity contribution in [3.63, 3.8) is 0 Å². The Bertz CT molecular complexity index is 487. The van der Waals surface area contributed by atoms with Crippen LogP contribution in [0.4, 0.5) is 26.7 Å². The van der Waals surface area contributed by atoms with E-state index in [9.17, 15) is 31.5 Å². The molecule has 138 valence electrons. The zero-order chi connectivity index (χ0) is 18.1. The first-order valence-corrected chi connectivity index (χ1v) is 7.70. The molecule has 1 aliphatic heterocycles. The number of carbonyl (C=O) groups excluding carboxylic acids is 1. The minimum absolute atomic E-state index is 0.0971. The highest BCUT2D eigenvalue weighted by Crippen LogP contribution is 2.38. The number of urea groups is 1. The van der Waals surface area contributed by atoms with E-state index in [1.807, 2.05) is 0 Å². The second-order valence-corrected chi connectivity index (χ2v) is 6.48. The van der Waals surface area contributed by atoms with Gasteiger partial charge >= 0.3 is 18.2 Å². The first-order chi connectivity index (χ1) is 11.0. The van der Waals surface area contributed by atoms with Gasteiger partial charge in [0.25, 0.3) is 0 Å². The fraction of sp³-hybridized carbons (Fsp3) is 0.857. The molecular formula is C14H19F5N2O3. The number of rotatable bonds is 3. The molecule has 2 amide bonds. The van der Waals surface area contributed by atoms with Crippen molar-refractivity contribution >= 4 is 12.0 Å². The van der Waals surface area contributed by atoms with E-state index in [0.29, 0.717) is 0 Å². The van der Waals surface area contributed by atoms with Crippen LogP contribution < -0.4 is 5.32 Å². The minimum Gasteiger partial charge on any atom is -0.481 e. The van der Waals surface area contributed by atoms with Gasteiger partial charge in [-0.05, 0) is 18.8 Å². The van der Waals surface area contributed by atoms with Gasteiger partial charge in [0.05, 0.1) is 11.8 Å². The van der Waals surface area contributed by atoms with Crippen LogP contribution in [0.25, 0.3) is 0 Å². The number of halogens is 5. The number of carboxylic acids is 1. The second-order valence-electron chi connectivity index (χ2n) is 6.48. The van der Waals surface area contributed by atoms with Gasteiger partial charge in [-0.25, -0.2) is 13.6 Å². The average Bonchev–Trinajstić information content (AvgIpc) is 2.91. The standard InChI is InChI=1S/C14H19F5N2O3/c15-13(16)3-1-8(2-4-13)5-20-12(24)21-6-9(11(22)23)10(7-21)14(17,18)19/h8-10H,1-7H2,(H,20,24)(H,22,23)/t9-,10-/m1/s1. The number of hydrogen-bond donors (Lipinski definition) is 2. The van der Waals surface area contributed by atoms with Crippen LogP contribution in [-0.4, -0.2) is 53.7 Å². The molecule has 10 heteroatoms. The molecular weight excluding hydrogens is 339 g/mol. The number of alkyl halides is 5. The third-order valence-electron chi connectivity index (χ3n) is 4.72. The van der Waals surface area contributed by atoms with E-state index >= 15 is 0 Å². The summed E-state index contributed by atoms with van der Waals surface area (Å²) in [6, 6.07) is -0.787. The van der Waals surface area contributed by atoms with Crippen LogP contribution in [0.2, 0.25) is 0 Å². The van der Waals surface area contributed by atoms with E-state index in [1.165, 1.54) is 0 Å². The largest absolute Gasteiger partial charge is 0.481 e. The predicted octanol–water partition coefficient (Wildman–Crippen LogP) is 2.72. The highest BCUT2D eigenvalue weighted by molar-refractivity contribution is 5.77. The number of amides is 2. The molecule has 2 N–H and O–H groups in total. The molecule has 2 fully saturated rings. The molecule has 0 unspecified atom stereocenters. The smallest absolute Gasteiger partial charge is 0.394 e. The van der Waals surface area contributed by atoms with E-state index in [0.717, 1.165) is 4.90 Å². The summed E-state index contributed by atoms with van der Waals surface area (Å²) in [7, 11) is 0. The molecule has 1 aliphatic carbocycles. The Morgan fingerprint density at radius 1 is 1.17 bits per heavy atom. The van der Waals surface area contributed by atoms with Crippen molar-refractivity contribution in [2.24, 2.45) is 17.8 Å². The number of nitrogens with zero attached hydrogens (tertiary/aromatic N) is 1. The number of aliphatic carboxylic acids is 1. The van der Waals surface area contributed by atoms with Gasteiger partial charge in [0, 0.05) is 32.5 Å². The molecule has 0 radical (unpaired) electrons. The lowest BCUT2D eigenvalue weighted by Crippen LogP contribution is -2.42. The van der Waals surface area contributed by atoms with Gasteiger partial charge < -0.3 is 15.3 Å². The third-order valence-corrected chi connectivity index (χ3v) is 4.72. The summed E-state index contributed by atoms with van der Waals surface area (Å²) in [5.41, 5.74) is 0. The van der Waals surface area contributed by atoms with Crippen molar-refractivity contribution in [2.45, 2.75) is 37.8 Å². The summed E-state index contributed by atoms with van der Waals surface area (Å²) in [5, 5.41) is 11.3. The van der Waals surface area contributed by atoms with Crippen LogP contribution in [0.15, 0.2) is 0 Å². The lowest BCUT2D eigenvalue weighted by atomic mass is 9.87. The summed E-state index contributed by atoms with van der Waals surface area (Å²) in [6.07, 6.45) is -4.78. The second kappa shape index (κ2) is 6.72. The van der Waals surface area contributed by atoms with Crippen molar-refractivity contribution in [3.8, 4) is 0 Å². The van der Waals surface area contributed by atoms with Crippen LogP contribution in [0.5, 0.6) is 0 Å². The summed E-state index contributed by atoms with van der Waals surface area (Å²) < 4.78 is 64.7. The molecule has 0 aromatic carbocycles. The monoisotopic (exact) mass is 358 g/mol. The Hall–Kier alpha value is -1.61. The van der Waals surface area contributed by atoms with E-state index in [1.54, 1.807) is 0 Å². The van der Waals surface area contributed by atoms with Gasteiger partial charge in [0.2, 0.25) is 5.92 Å². The molecule has 2 atom stereocenters. The van der Waals surface area contributed by atoms with Crippen molar-refractivity contribution in [1.82, 2.24) is 10.2 Å².